The minimum absolute atomic E-state index is 0.0434. The molecule has 18 heavy (non-hydrogen) atoms. The van der Waals surface area contributed by atoms with Gasteiger partial charge in [0.2, 0.25) is 0 Å². The molecular weight excluding hydrogens is 225 g/mol. The number of likely N-dealkylation sites (N-methyl/N-ethyl adjacent to an activating group) is 1. The second-order valence-electron chi connectivity index (χ2n) is 4.61. The van der Waals surface area contributed by atoms with Gasteiger partial charge in [-0.3, -0.25) is 4.79 Å². The van der Waals surface area contributed by atoms with Gasteiger partial charge < -0.3 is 10.1 Å². The van der Waals surface area contributed by atoms with Gasteiger partial charge in [-0.05, 0) is 38.4 Å². The Balaban J connectivity index is 2.81. The Bertz CT molecular complexity index is 432. The summed E-state index contributed by atoms with van der Waals surface area (Å²) in [6.45, 7) is 4.10. The molecule has 1 aromatic carbocycles. The van der Waals surface area contributed by atoms with Crippen molar-refractivity contribution in [2.75, 3.05) is 14.2 Å². The standard InChI is InChI=1S/C14H20BNO2/c1-9-5-11(13(15)6-10(9)2)7-12(16-3)8-14(17)18-4/h5-6,12,16H,7-8H2,1-4H3/t12-/m0/s1. The second kappa shape index (κ2) is 6.59. The second-order valence-corrected chi connectivity index (χ2v) is 4.61. The normalized spacial score (nSPS) is 12.2. The van der Waals surface area contributed by atoms with Gasteiger partial charge in [0.1, 0.15) is 7.85 Å². The summed E-state index contributed by atoms with van der Waals surface area (Å²) in [6, 6.07) is 4.11. The Morgan fingerprint density at radius 3 is 2.56 bits per heavy atom. The van der Waals surface area contributed by atoms with Crippen molar-refractivity contribution in [1.29, 1.82) is 0 Å². The lowest BCUT2D eigenvalue weighted by Gasteiger charge is -2.17. The lowest BCUT2D eigenvalue weighted by molar-refractivity contribution is -0.141. The first-order valence-corrected chi connectivity index (χ1v) is 6.07. The molecule has 3 nitrogen and oxygen atoms in total. The fraction of sp³-hybridized carbons (Fsp3) is 0.500. The van der Waals surface area contributed by atoms with Gasteiger partial charge in [-0.15, -0.1) is 0 Å². The number of ether oxygens (including phenoxy) is 1. The Labute approximate surface area is 110 Å². The third kappa shape index (κ3) is 3.88. The summed E-state index contributed by atoms with van der Waals surface area (Å²) in [5.41, 5.74) is 4.25. The zero-order chi connectivity index (χ0) is 13.7. The van der Waals surface area contributed by atoms with E-state index in [0.29, 0.717) is 6.42 Å². The van der Waals surface area contributed by atoms with Gasteiger partial charge in [0.15, 0.2) is 0 Å². The van der Waals surface area contributed by atoms with Crippen LogP contribution in [-0.2, 0) is 16.0 Å². The minimum Gasteiger partial charge on any atom is -0.469 e. The molecule has 0 aromatic heterocycles. The van der Waals surface area contributed by atoms with Crippen molar-refractivity contribution in [2.45, 2.75) is 32.7 Å². The molecule has 0 unspecified atom stereocenters. The molecule has 0 fully saturated rings. The summed E-state index contributed by atoms with van der Waals surface area (Å²) in [5.74, 6) is -0.211. The van der Waals surface area contributed by atoms with E-state index >= 15 is 0 Å². The van der Waals surface area contributed by atoms with Crippen LogP contribution in [0.4, 0.5) is 0 Å². The van der Waals surface area contributed by atoms with E-state index in [0.717, 1.165) is 17.4 Å². The smallest absolute Gasteiger partial charge is 0.307 e. The quantitative estimate of drug-likeness (QED) is 0.615. The van der Waals surface area contributed by atoms with Crippen LogP contribution in [0.2, 0.25) is 0 Å². The van der Waals surface area contributed by atoms with Crippen molar-refractivity contribution < 1.29 is 9.53 Å². The van der Waals surface area contributed by atoms with Crippen molar-refractivity contribution in [3.05, 3.63) is 28.8 Å². The van der Waals surface area contributed by atoms with E-state index in [9.17, 15) is 4.79 Å². The lowest BCUT2D eigenvalue weighted by Crippen LogP contribution is -2.32. The molecule has 1 atom stereocenters. The average molecular weight is 245 g/mol. The number of carbonyl (C=O) groups excluding carboxylic acids is 1. The third-order valence-electron chi connectivity index (χ3n) is 3.27. The molecule has 1 N–H and O–H groups in total. The highest BCUT2D eigenvalue weighted by atomic mass is 16.5. The zero-order valence-electron chi connectivity index (χ0n) is 11.5. The predicted octanol–water partition coefficient (Wildman–Crippen LogP) is 0.791. The molecule has 0 aliphatic carbocycles. The number of esters is 1. The number of nitrogens with one attached hydrogen (secondary N) is 1. The maximum absolute atomic E-state index is 11.3. The number of aryl methyl sites for hydroxylation is 2. The zero-order valence-corrected chi connectivity index (χ0v) is 11.5. The molecule has 0 aliphatic heterocycles. The first-order chi connectivity index (χ1) is 8.47. The van der Waals surface area contributed by atoms with Crippen LogP contribution in [0, 0.1) is 13.8 Å². The summed E-state index contributed by atoms with van der Waals surface area (Å²) < 4.78 is 4.68. The fourth-order valence-corrected chi connectivity index (χ4v) is 1.90. The van der Waals surface area contributed by atoms with E-state index in [1.807, 2.05) is 20.0 Å². The van der Waals surface area contributed by atoms with Crippen LogP contribution in [0.1, 0.15) is 23.1 Å². The monoisotopic (exact) mass is 245 g/mol. The topological polar surface area (TPSA) is 38.3 Å². The average Bonchev–Trinajstić information content (AvgIpc) is 2.34. The van der Waals surface area contributed by atoms with E-state index in [1.165, 1.54) is 18.2 Å². The van der Waals surface area contributed by atoms with Crippen molar-refractivity contribution in [3.8, 4) is 0 Å². The summed E-state index contributed by atoms with van der Waals surface area (Å²) in [5, 5.41) is 3.12. The van der Waals surface area contributed by atoms with Gasteiger partial charge in [0, 0.05) is 6.04 Å². The molecule has 1 aromatic rings. The number of benzene rings is 1. The van der Waals surface area contributed by atoms with Crippen LogP contribution < -0.4 is 10.8 Å². The first kappa shape index (κ1) is 14.8. The van der Waals surface area contributed by atoms with Gasteiger partial charge in [0.05, 0.1) is 13.5 Å². The van der Waals surface area contributed by atoms with Gasteiger partial charge in [0.25, 0.3) is 0 Å². The van der Waals surface area contributed by atoms with Gasteiger partial charge in [-0.25, -0.2) is 0 Å². The van der Waals surface area contributed by atoms with E-state index in [2.05, 4.69) is 23.0 Å². The van der Waals surface area contributed by atoms with Crippen molar-refractivity contribution >= 4 is 19.3 Å². The van der Waals surface area contributed by atoms with Crippen molar-refractivity contribution in [3.63, 3.8) is 0 Å². The summed E-state index contributed by atoms with van der Waals surface area (Å²) in [6.07, 6.45) is 1.07. The van der Waals surface area contributed by atoms with E-state index < -0.39 is 0 Å². The highest BCUT2D eigenvalue weighted by Gasteiger charge is 2.14. The molecule has 1 rings (SSSR count). The summed E-state index contributed by atoms with van der Waals surface area (Å²) >= 11 is 0. The molecule has 0 saturated carbocycles. The largest absolute Gasteiger partial charge is 0.469 e. The van der Waals surface area contributed by atoms with E-state index in [-0.39, 0.29) is 12.0 Å². The number of hydrogen-bond acceptors (Lipinski definition) is 3. The first-order valence-electron chi connectivity index (χ1n) is 6.07. The van der Waals surface area contributed by atoms with Crippen LogP contribution in [0.25, 0.3) is 0 Å². The maximum Gasteiger partial charge on any atom is 0.307 e. The van der Waals surface area contributed by atoms with Crippen LogP contribution in [-0.4, -0.2) is 34.0 Å². The van der Waals surface area contributed by atoms with E-state index in [4.69, 9.17) is 7.85 Å². The summed E-state index contributed by atoms with van der Waals surface area (Å²) in [4.78, 5) is 11.3. The van der Waals surface area contributed by atoms with Gasteiger partial charge in [-0.1, -0.05) is 23.2 Å². The Hall–Kier alpha value is -1.29. The van der Waals surface area contributed by atoms with Gasteiger partial charge in [-0.2, -0.15) is 0 Å². The van der Waals surface area contributed by atoms with Crippen molar-refractivity contribution in [2.24, 2.45) is 0 Å². The molecule has 0 saturated heterocycles. The van der Waals surface area contributed by atoms with Crippen LogP contribution in [0.15, 0.2) is 12.1 Å². The fourth-order valence-electron chi connectivity index (χ4n) is 1.90. The molecule has 0 spiro atoms. The molecule has 0 heterocycles. The highest BCUT2D eigenvalue weighted by molar-refractivity contribution is 6.33. The summed E-state index contributed by atoms with van der Waals surface area (Å²) in [7, 11) is 9.25. The SMILES string of the molecule is [B]c1cc(C)c(C)cc1C[C@@H](CC(=O)OC)NC. The number of carbonyl (C=O) groups is 1. The molecule has 2 radical (unpaired) electrons. The number of methoxy groups -OCH3 is 1. The molecule has 0 amide bonds. The molecule has 96 valence electrons. The predicted molar refractivity (Wildman–Crippen MR) is 74.5 cm³/mol. The highest BCUT2D eigenvalue weighted by Crippen LogP contribution is 2.10. The molecule has 0 bridgehead atoms. The van der Waals surface area contributed by atoms with Crippen LogP contribution in [0.5, 0.6) is 0 Å². The molecular formula is C14H20BNO2. The van der Waals surface area contributed by atoms with Crippen LogP contribution in [0.3, 0.4) is 0 Å². The maximum atomic E-state index is 11.3. The number of hydrogen-bond donors (Lipinski definition) is 1. The lowest BCUT2D eigenvalue weighted by atomic mass is 9.84. The van der Waals surface area contributed by atoms with Crippen LogP contribution >= 0.6 is 0 Å². The third-order valence-corrected chi connectivity index (χ3v) is 3.27. The van der Waals surface area contributed by atoms with Crippen molar-refractivity contribution in [1.82, 2.24) is 5.32 Å². The number of rotatable bonds is 5. The Kier molecular flexibility index (Phi) is 5.41. The molecule has 0 aliphatic rings. The Morgan fingerprint density at radius 2 is 2.00 bits per heavy atom. The molecule has 4 heteroatoms. The van der Waals surface area contributed by atoms with E-state index in [1.54, 1.807) is 0 Å². The van der Waals surface area contributed by atoms with Gasteiger partial charge >= 0.3 is 5.97 Å². The minimum atomic E-state index is -0.211. The Morgan fingerprint density at radius 1 is 1.39 bits per heavy atom.